The van der Waals surface area contributed by atoms with Gasteiger partial charge in [0.1, 0.15) is 10.7 Å². The molecule has 0 unspecified atom stereocenters. The van der Waals surface area contributed by atoms with Gasteiger partial charge >= 0.3 is 0 Å². The largest absolute Gasteiger partial charge is 0.266 e. The number of halogens is 1. The second-order valence-corrected chi connectivity index (χ2v) is 5.31. The van der Waals surface area contributed by atoms with Crippen molar-refractivity contribution in [1.82, 2.24) is 14.8 Å². The first-order valence-corrected chi connectivity index (χ1v) is 6.47. The van der Waals surface area contributed by atoms with Crippen LogP contribution in [0.5, 0.6) is 0 Å². The van der Waals surface area contributed by atoms with Crippen molar-refractivity contribution in [1.29, 1.82) is 0 Å². The monoisotopic (exact) mass is 272 g/mol. The summed E-state index contributed by atoms with van der Waals surface area (Å²) in [4.78, 5) is 3.67. The molecule has 17 heavy (non-hydrogen) atoms. The SMILES string of the molecule is Cn1nccc1NS(=O)(=O)c1cnccc1Cl. The number of aromatic nitrogens is 3. The van der Waals surface area contributed by atoms with Gasteiger partial charge in [-0.3, -0.25) is 14.4 Å². The predicted octanol–water partition coefficient (Wildman–Crippen LogP) is 1.27. The Balaban J connectivity index is 2.39. The van der Waals surface area contributed by atoms with Crippen molar-refractivity contribution >= 4 is 27.4 Å². The summed E-state index contributed by atoms with van der Waals surface area (Å²) in [5.41, 5.74) is 0. The van der Waals surface area contributed by atoms with E-state index in [0.29, 0.717) is 5.82 Å². The molecule has 0 aromatic carbocycles. The number of rotatable bonds is 3. The molecule has 0 saturated carbocycles. The fourth-order valence-corrected chi connectivity index (χ4v) is 2.75. The summed E-state index contributed by atoms with van der Waals surface area (Å²) < 4.78 is 27.8. The Bertz CT molecular complexity index is 638. The molecule has 0 radical (unpaired) electrons. The molecule has 1 N–H and O–H groups in total. The van der Waals surface area contributed by atoms with Gasteiger partial charge in [-0.2, -0.15) is 5.10 Å². The van der Waals surface area contributed by atoms with E-state index in [1.807, 2.05) is 0 Å². The fraction of sp³-hybridized carbons (Fsp3) is 0.111. The van der Waals surface area contributed by atoms with Crippen LogP contribution in [-0.2, 0) is 17.1 Å². The van der Waals surface area contributed by atoms with Crippen molar-refractivity contribution < 1.29 is 8.42 Å². The Morgan fingerprint density at radius 3 is 2.71 bits per heavy atom. The van der Waals surface area contributed by atoms with E-state index in [0.717, 1.165) is 0 Å². The predicted molar refractivity (Wildman–Crippen MR) is 63.3 cm³/mol. The van der Waals surface area contributed by atoms with E-state index in [1.54, 1.807) is 13.1 Å². The lowest BCUT2D eigenvalue weighted by molar-refractivity contribution is 0.600. The van der Waals surface area contributed by atoms with Crippen LogP contribution in [0.3, 0.4) is 0 Å². The fourth-order valence-electron chi connectivity index (χ4n) is 1.23. The summed E-state index contributed by atoms with van der Waals surface area (Å²) in [6.07, 6.45) is 4.11. The normalized spacial score (nSPS) is 11.4. The van der Waals surface area contributed by atoms with Crippen LogP contribution in [0.15, 0.2) is 35.6 Å². The van der Waals surface area contributed by atoms with Crippen LogP contribution in [0.25, 0.3) is 0 Å². The summed E-state index contributed by atoms with van der Waals surface area (Å²) in [5, 5.41) is 3.98. The Hall–Kier alpha value is -1.60. The molecule has 8 heteroatoms. The van der Waals surface area contributed by atoms with Crippen molar-refractivity contribution in [3.8, 4) is 0 Å². The molecule has 90 valence electrons. The Morgan fingerprint density at radius 2 is 2.12 bits per heavy atom. The lowest BCUT2D eigenvalue weighted by Gasteiger charge is -2.08. The zero-order chi connectivity index (χ0) is 12.5. The molecule has 6 nitrogen and oxygen atoms in total. The third-order valence-corrected chi connectivity index (χ3v) is 3.91. The van der Waals surface area contributed by atoms with Crippen LogP contribution < -0.4 is 4.72 Å². The summed E-state index contributed by atoms with van der Waals surface area (Å²) >= 11 is 5.81. The number of sulfonamides is 1. The van der Waals surface area contributed by atoms with Gasteiger partial charge in [0.25, 0.3) is 10.0 Å². The van der Waals surface area contributed by atoms with Gasteiger partial charge in [0.2, 0.25) is 0 Å². The summed E-state index contributed by atoms with van der Waals surface area (Å²) in [6, 6.07) is 2.96. The first kappa shape index (κ1) is 11.9. The van der Waals surface area contributed by atoms with Crippen molar-refractivity contribution in [3.05, 3.63) is 35.7 Å². The zero-order valence-electron chi connectivity index (χ0n) is 8.83. The van der Waals surface area contributed by atoms with Gasteiger partial charge in [0, 0.05) is 25.5 Å². The van der Waals surface area contributed by atoms with Gasteiger partial charge in [-0.05, 0) is 6.07 Å². The quantitative estimate of drug-likeness (QED) is 0.913. The minimum atomic E-state index is -3.74. The van der Waals surface area contributed by atoms with Crippen LogP contribution in [-0.4, -0.2) is 23.2 Å². The number of anilines is 1. The van der Waals surface area contributed by atoms with Crippen molar-refractivity contribution in [3.63, 3.8) is 0 Å². The van der Waals surface area contributed by atoms with Gasteiger partial charge < -0.3 is 0 Å². The van der Waals surface area contributed by atoms with E-state index in [9.17, 15) is 8.42 Å². The van der Waals surface area contributed by atoms with Crippen LogP contribution in [0.1, 0.15) is 0 Å². The first-order chi connectivity index (χ1) is 8.00. The number of hydrogen-bond acceptors (Lipinski definition) is 4. The molecule has 2 rings (SSSR count). The standard InChI is InChI=1S/C9H9ClN4O2S/c1-14-9(3-5-12-14)13-17(15,16)8-6-11-4-2-7(8)10/h2-6,13H,1H3. The molecule has 0 aliphatic heterocycles. The zero-order valence-corrected chi connectivity index (χ0v) is 10.4. The van der Waals surface area contributed by atoms with Crippen LogP contribution in [0, 0.1) is 0 Å². The smallest absolute Gasteiger partial charge is 0.263 e. The number of nitrogens with one attached hydrogen (secondary N) is 1. The van der Waals surface area contributed by atoms with E-state index >= 15 is 0 Å². The highest BCUT2D eigenvalue weighted by Gasteiger charge is 2.19. The van der Waals surface area contributed by atoms with Crippen molar-refractivity contribution in [2.75, 3.05) is 4.72 Å². The Kier molecular flexibility index (Phi) is 3.03. The Labute approximate surface area is 103 Å². The number of nitrogens with zero attached hydrogens (tertiary/aromatic N) is 3. The van der Waals surface area contributed by atoms with E-state index in [1.165, 1.54) is 29.3 Å². The maximum Gasteiger partial charge on any atom is 0.266 e. The van der Waals surface area contributed by atoms with Gasteiger partial charge in [0.15, 0.2) is 0 Å². The summed E-state index contributed by atoms with van der Waals surface area (Å²) in [5.74, 6) is 0.352. The molecular weight excluding hydrogens is 264 g/mol. The minimum absolute atomic E-state index is 0.0668. The highest BCUT2D eigenvalue weighted by Crippen LogP contribution is 2.21. The lowest BCUT2D eigenvalue weighted by atomic mass is 10.5. The van der Waals surface area contributed by atoms with E-state index < -0.39 is 10.0 Å². The number of aryl methyl sites for hydroxylation is 1. The molecule has 0 amide bonds. The molecule has 2 aromatic heterocycles. The van der Waals surface area contributed by atoms with Gasteiger partial charge in [-0.15, -0.1) is 0 Å². The molecule has 2 heterocycles. The minimum Gasteiger partial charge on any atom is -0.263 e. The molecule has 0 aliphatic rings. The molecule has 0 fully saturated rings. The van der Waals surface area contributed by atoms with Gasteiger partial charge in [-0.25, -0.2) is 8.42 Å². The van der Waals surface area contributed by atoms with E-state index in [-0.39, 0.29) is 9.92 Å². The Morgan fingerprint density at radius 1 is 1.35 bits per heavy atom. The molecule has 0 saturated heterocycles. The second-order valence-electron chi connectivity index (χ2n) is 3.25. The highest BCUT2D eigenvalue weighted by atomic mass is 35.5. The van der Waals surface area contributed by atoms with Crippen molar-refractivity contribution in [2.45, 2.75) is 4.90 Å². The average molecular weight is 273 g/mol. The summed E-state index contributed by atoms with van der Waals surface area (Å²) in [7, 11) is -2.11. The molecule has 0 atom stereocenters. The lowest BCUT2D eigenvalue weighted by Crippen LogP contribution is -2.16. The second kappa shape index (κ2) is 4.34. The van der Waals surface area contributed by atoms with Crippen molar-refractivity contribution in [2.24, 2.45) is 7.05 Å². The number of pyridine rings is 1. The third-order valence-electron chi connectivity index (χ3n) is 2.08. The topological polar surface area (TPSA) is 76.9 Å². The maximum atomic E-state index is 12.0. The van der Waals surface area contributed by atoms with Crippen LogP contribution in [0.2, 0.25) is 5.02 Å². The molecule has 2 aromatic rings. The van der Waals surface area contributed by atoms with E-state index in [4.69, 9.17) is 11.6 Å². The van der Waals surface area contributed by atoms with Crippen LogP contribution in [0.4, 0.5) is 5.82 Å². The molecule has 0 aliphatic carbocycles. The van der Waals surface area contributed by atoms with Crippen LogP contribution >= 0.6 is 11.6 Å². The average Bonchev–Trinajstić information content (AvgIpc) is 2.64. The third kappa shape index (κ3) is 2.40. The molecule has 0 spiro atoms. The summed E-state index contributed by atoms with van der Waals surface area (Å²) in [6.45, 7) is 0. The first-order valence-electron chi connectivity index (χ1n) is 4.61. The van der Waals surface area contributed by atoms with E-state index in [2.05, 4.69) is 14.8 Å². The number of hydrogen-bond donors (Lipinski definition) is 1. The van der Waals surface area contributed by atoms with Gasteiger partial charge in [0.05, 0.1) is 11.2 Å². The maximum absolute atomic E-state index is 12.0. The molecular formula is C9H9ClN4O2S. The molecule has 0 bridgehead atoms. The van der Waals surface area contributed by atoms with Gasteiger partial charge in [-0.1, -0.05) is 11.6 Å². The highest BCUT2D eigenvalue weighted by molar-refractivity contribution is 7.92.